The van der Waals surface area contributed by atoms with Crippen LogP contribution >= 0.6 is 15.9 Å². The van der Waals surface area contributed by atoms with E-state index in [4.69, 9.17) is 10.9 Å². The van der Waals surface area contributed by atoms with Crippen LogP contribution in [0.4, 0.5) is 0 Å². The quantitative estimate of drug-likeness (QED) is 0.344. The Morgan fingerprint density at radius 1 is 1.56 bits per heavy atom. The first-order valence-electron chi connectivity index (χ1n) is 5.47. The molecule has 1 unspecified atom stereocenters. The van der Waals surface area contributed by atoms with E-state index >= 15 is 0 Å². The van der Waals surface area contributed by atoms with Crippen LogP contribution < -0.4 is 11.1 Å². The average molecular weight is 314 g/mol. The lowest BCUT2D eigenvalue weighted by Gasteiger charge is -2.13. The number of amides is 1. The van der Waals surface area contributed by atoms with Gasteiger partial charge < -0.3 is 16.3 Å². The molecule has 1 rings (SSSR count). The van der Waals surface area contributed by atoms with E-state index in [9.17, 15) is 4.79 Å². The number of nitrogens with one attached hydrogen (secondary N) is 1. The Morgan fingerprint density at radius 3 is 2.78 bits per heavy atom. The smallest absolute Gasteiger partial charge is 0.251 e. The Hall–Kier alpha value is -1.56. The van der Waals surface area contributed by atoms with Crippen molar-refractivity contribution in [3.63, 3.8) is 0 Å². The minimum Gasteiger partial charge on any atom is -0.409 e. The second kappa shape index (κ2) is 6.39. The van der Waals surface area contributed by atoms with Gasteiger partial charge in [0, 0.05) is 22.5 Å². The van der Waals surface area contributed by atoms with Crippen molar-refractivity contribution >= 4 is 27.7 Å². The van der Waals surface area contributed by atoms with Gasteiger partial charge in [-0.25, -0.2) is 0 Å². The summed E-state index contributed by atoms with van der Waals surface area (Å²) in [5, 5.41) is 14.1. The van der Waals surface area contributed by atoms with Crippen molar-refractivity contribution in [2.75, 3.05) is 0 Å². The fraction of sp³-hybridized carbons (Fsp3) is 0.333. The second-order valence-corrected chi connectivity index (χ2v) is 5.10. The highest BCUT2D eigenvalue weighted by Crippen LogP contribution is 2.15. The normalized spacial score (nSPS) is 13.2. The molecule has 0 aromatic heterocycles. The molecule has 1 atom stereocenters. The predicted octanol–water partition coefficient (Wildman–Crippen LogP) is 2.01. The van der Waals surface area contributed by atoms with Crippen molar-refractivity contribution < 1.29 is 10.0 Å². The Kier molecular flexibility index (Phi) is 5.15. The van der Waals surface area contributed by atoms with Gasteiger partial charge in [0.05, 0.1) is 0 Å². The SMILES string of the molecule is Cc1cc(Br)cc(C(=O)NC(C)C/C(N)=N/O)c1. The number of hydrogen-bond acceptors (Lipinski definition) is 3. The summed E-state index contributed by atoms with van der Waals surface area (Å²) in [6.45, 7) is 3.71. The summed E-state index contributed by atoms with van der Waals surface area (Å²) in [4.78, 5) is 12.0. The summed E-state index contributed by atoms with van der Waals surface area (Å²) in [5.74, 6) is -0.0918. The lowest BCUT2D eigenvalue weighted by molar-refractivity contribution is 0.0941. The molecule has 0 spiro atoms. The van der Waals surface area contributed by atoms with E-state index in [1.54, 1.807) is 19.1 Å². The minimum atomic E-state index is -0.201. The topological polar surface area (TPSA) is 87.7 Å². The van der Waals surface area contributed by atoms with Crippen LogP contribution in [0, 0.1) is 6.92 Å². The number of carbonyl (C=O) groups is 1. The van der Waals surface area contributed by atoms with Gasteiger partial charge in [0.15, 0.2) is 0 Å². The Bertz CT molecular complexity index is 454. The molecule has 0 saturated carbocycles. The molecule has 5 nitrogen and oxygen atoms in total. The molecular weight excluding hydrogens is 298 g/mol. The van der Waals surface area contributed by atoms with Gasteiger partial charge in [0.2, 0.25) is 0 Å². The molecule has 1 aromatic carbocycles. The predicted molar refractivity (Wildman–Crippen MR) is 73.8 cm³/mol. The van der Waals surface area contributed by atoms with Crippen molar-refractivity contribution in [2.24, 2.45) is 10.9 Å². The molecule has 0 heterocycles. The highest BCUT2D eigenvalue weighted by atomic mass is 79.9. The Labute approximate surface area is 114 Å². The van der Waals surface area contributed by atoms with Crippen LogP contribution in [-0.2, 0) is 0 Å². The summed E-state index contributed by atoms with van der Waals surface area (Å²) in [6, 6.07) is 5.28. The third-order valence-electron chi connectivity index (χ3n) is 2.33. The summed E-state index contributed by atoms with van der Waals surface area (Å²) >= 11 is 3.35. The number of nitrogens with zero attached hydrogens (tertiary/aromatic N) is 1. The average Bonchev–Trinajstić information content (AvgIpc) is 2.27. The third kappa shape index (κ3) is 4.37. The molecule has 0 aliphatic carbocycles. The van der Waals surface area contributed by atoms with E-state index in [2.05, 4.69) is 26.4 Å². The molecule has 6 heteroatoms. The van der Waals surface area contributed by atoms with E-state index in [0.29, 0.717) is 12.0 Å². The van der Waals surface area contributed by atoms with Crippen molar-refractivity contribution in [3.8, 4) is 0 Å². The maximum Gasteiger partial charge on any atom is 0.251 e. The number of halogens is 1. The summed E-state index contributed by atoms with van der Waals surface area (Å²) in [5.41, 5.74) is 6.95. The molecule has 1 amide bonds. The molecule has 98 valence electrons. The maximum absolute atomic E-state index is 12.0. The molecule has 0 aliphatic rings. The third-order valence-corrected chi connectivity index (χ3v) is 2.78. The van der Waals surface area contributed by atoms with Gasteiger partial charge in [0.25, 0.3) is 5.91 Å². The van der Waals surface area contributed by atoms with Crippen molar-refractivity contribution in [2.45, 2.75) is 26.3 Å². The fourth-order valence-electron chi connectivity index (χ4n) is 1.58. The van der Waals surface area contributed by atoms with E-state index in [1.165, 1.54) is 0 Å². The minimum absolute atomic E-state index is 0.0909. The molecule has 0 aliphatic heterocycles. The molecule has 1 aromatic rings. The lowest BCUT2D eigenvalue weighted by Crippen LogP contribution is -2.35. The molecule has 0 radical (unpaired) electrons. The van der Waals surface area contributed by atoms with Gasteiger partial charge in [-0.1, -0.05) is 21.1 Å². The number of hydrogen-bond donors (Lipinski definition) is 3. The number of oxime groups is 1. The number of carbonyl (C=O) groups excluding carboxylic acids is 1. The zero-order chi connectivity index (χ0) is 13.7. The zero-order valence-electron chi connectivity index (χ0n) is 10.3. The van der Waals surface area contributed by atoms with Crippen LogP contribution in [0.15, 0.2) is 27.8 Å². The van der Waals surface area contributed by atoms with E-state index < -0.39 is 0 Å². The Balaban J connectivity index is 2.70. The van der Waals surface area contributed by atoms with Crippen LogP contribution in [0.3, 0.4) is 0 Å². The highest BCUT2D eigenvalue weighted by Gasteiger charge is 2.12. The maximum atomic E-state index is 12.0. The number of rotatable bonds is 4. The van der Waals surface area contributed by atoms with E-state index in [0.717, 1.165) is 10.0 Å². The number of nitrogens with two attached hydrogens (primary N) is 1. The molecule has 4 N–H and O–H groups in total. The van der Waals surface area contributed by atoms with Crippen molar-refractivity contribution in [3.05, 3.63) is 33.8 Å². The van der Waals surface area contributed by atoms with Gasteiger partial charge >= 0.3 is 0 Å². The number of benzene rings is 1. The number of amidine groups is 1. The molecular formula is C12H16BrN3O2. The van der Waals surface area contributed by atoms with Gasteiger partial charge in [-0.2, -0.15) is 0 Å². The van der Waals surface area contributed by atoms with Crippen molar-refractivity contribution in [1.82, 2.24) is 5.32 Å². The van der Waals surface area contributed by atoms with E-state index in [1.807, 2.05) is 13.0 Å². The Morgan fingerprint density at radius 2 is 2.22 bits per heavy atom. The van der Waals surface area contributed by atoms with Gasteiger partial charge in [-0.15, -0.1) is 0 Å². The van der Waals surface area contributed by atoms with Crippen LogP contribution in [0.25, 0.3) is 0 Å². The number of aryl methyl sites for hydroxylation is 1. The second-order valence-electron chi connectivity index (χ2n) is 4.19. The first kappa shape index (κ1) is 14.5. The molecule has 0 saturated heterocycles. The summed E-state index contributed by atoms with van der Waals surface area (Å²) < 4.78 is 0.858. The molecule has 0 bridgehead atoms. The van der Waals surface area contributed by atoms with Crippen LogP contribution in [0.5, 0.6) is 0 Å². The highest BCUT2D eigenvalue weighted by molar-refractivity contribution is 9.10. The zero-order valence-corrected chi connectivity index (χ0v) is 11.9. The van der Waals surface area contributed by atoms with Crippen LogP contribution in [0.1, 0.15) is 29.3 Å². The summed E-state index contributed by atoms with van der Waals surface area (Å²) in [7, 11) is 0. The largest absolute Gasteiger partial charge is 0.409 e. The van der Waals surface area contributed by atoms with Crippen LogP contribution in [0.2, 0.25) is 0 Å². The van der Waals surface area contributed by atoms with Crippen LogP contribution in [-0.4, -0.2) is 23.0 Å². The van der Waals surface area contributed by atoms with Gasteiger partial charge in [0.1, 0.15) is 5.84 Å². The standard InChI is InChI=1S/C12H16BrN3O2/c1-7-3-9(6-10(13)4-7)12(17)15-8(2)5-11(14)16-18/h3-4,6,8,18H,5H2,1-2H3,(H2,14,16)(H,15,17). The molecule has 0 fully saturated rings. The van der Waals surface area contributed by atoms with Crippen molar-refractivity contribution in [1.29, 1.82) is 0 Å². The first-order chi connectivity index (χ1) is 8.42. The van der Waals surface area contributed by atoms with Gasteiger partial charge in [-0.3, -0.25) is 4.79 Å². The molecule has 18 heavy (non-hydrogen) atoms. The van der Waals surface area contributed by atoms with Gasteiger partial charge in [-0.05, 0) is 37.6 Å². The van der Waals surface area contributed by atoms with E-state index in [-0.39, 0.29) is 17.8 Å². The first-order valence-corrected chi connectivity index (χ1v) is 6.26. The fourth-order valence-corrected chi connectivity index (χ4v) is 2.19. The summed E-state index contributed by atoms with van der Waals surface area (Å²) in [6.07, 6.45) is 0.301. The monoisotopic (exact) mass is 313 g/mol. The lowest BCUT2D eigenvalue weighted by atomic mass is 10.1.